The molecule has 57 heavy (non-hydrogen) atoms. The molecule has 2 saturated carbocycles. The highest BCUT2D eigenvalue weighted by Gasteiger charge is 2.87. The van der Waals surface area contributed by atoms with Crippen LogP contribution < -0.4 is 37.3 Å². The minimum Gasteiger partial charge on any atom is -0.463 e. The molecule has 4 aliphatic carbocycles. The highest BCUT2D eigenvalue weighted by atomic mass is 16.7. The number of hydrogen-bond donors (Lipinski definition) is 7. The van der Waals surface area contributed by atoms with Crippen LogP contribution in [-0.2, 0) is 23.9 Å². The zero-order valence-electron chi connectivity index (χ0n) is 35.7. The number of rotatable bonds is 14. The summed E-state index contributed by atoms with van der Waals surface area (Å²) in [6, 6.07) is 0.266. The molecule has 0 bridgehead atoms. The van der Waals surface area contributed by atoms with Crippen molar-refractivity contribution >= 4 is 23.5 Å². The summed E-state index contributed by atoms with van der Waals surface area (Å²) in [5.74, 6) is 0.607. The number of carbonyl (C=O) groups excluding carboxylic acids is 3. The number of nitrogens with one attached hydrogen (secondary N) is 3. The monoisotopic (exact) mass is 794 g/mol. The number of nitrogens with two attached hydrogens (primary N) is 4. The molecule has 0 aromatic heterocycles. The van der Waals surface area contributed by atoms with Crippen molar-refractivity contribution in [3.05, 3.63) is 35.5 Å². The Balaban J connectivity index is 1.14. The average molecular weight is 794 g/mol. The second kappa shape index (κ2) is 17.8. The van der Waals surface area contributed by atoms with Crippen LogP contribution in [0, 0.1) is 47.3 Å². The van der Waals surface area contributed by atoms with Gasteiger partial charge in [-0.2, -0.15) is 0 Å². The van der Waals surface area contributed by atoms with Gasteiger partial charge in [0.25, 0.3) is 5.60 Å². The Hall–Kier alpha value is -2.90. The maximum Gasteiger partial charge on any atom is 0.350 e. The minimum atomic E-state index is -1.88. The van der Waals surface area contributed by atoms with Gasteiger partial charge >= 0.3 is 11.9 Å². The molecule has 7 aliphatic rings. The first-order valence-corrected chi connectivity index (χ1v) is 22.7. The molecule has 3 heterocycles. The zero-order chi connectivity index (χ0) is 40.5. The molecule has 13 atom stereocenters. The van der Waals surface area contributed by atoms with Crippen molar-refractivity contribution in [1.29, 1.82) is 0 Å². The number of hydrogen-bond acceptors (Lipinski definition) is 6. The number of allylic oxidation sites excluding steroid dienone is 3. The van der Waals surface area contributed by atoms with E-state index in [0.29, 0.717) is 48.4 Å². The molecule has 0 aromatic carbocycles. The van der Waals surface area contributed by atoms with Crippen LogP contribution in [0.15, 0.2) is 35.5 Å². The Morgan fingerprint density at radius 3 is 2.75 bits per heavy atom. The predicted octanol–water partition coefficient (Wildman–Crippen LogP) is -0.730. The number of epoxide rings is 1. The summed E-state index contributed by atoms with van der Waals surface area (Å²) < 4.78 is 12.8. The van der Waals surface area contributed by atoms with Crippen LogP contribution in [0.3, 0.4) is 0 Å². The standard InChI is InChI=1S/C45H71N7O5/c1-7-49-35-24-29-12-9-8-11-28(29)23-31(35)25-56-42(55)45-40(54)38-30(21-26(2)3)13-10-14-34(38)39(53)44(45,57-45)19-17-27(4)22-36(51-43(46)48-6)32-18-20-50-41-33(32)15-16-37(47-5)52-41/h9,12,17,24,26,28,30-38,41,47,49-50,52H,7-8,10-11,13-16,18-23,25H2,1-6H3,(H3,46,48,51)/p+4. The molecule has 0 radical (unpaired) electrons. The van der Waals surface area contributed by atoms with Crippen LogP contribution in [0.25, 0.3) is 0 Å². The average Bonchev–Trinajstić information content (AvgIpc) is 3.92. The van der Waals surface area contributed by atoms with E-state index in [4.69, 9.17) is 15.2 Å². The Labute approximate surface area is 340 Å². The number of ether oxygens (including phenoxy) is 2. The van der Waals surface area contributed by atoms with Crippen LogP contribution in [-0.4, -0.2) is 92.9 Å². The summed E-state index contributed by atoms with van der Waals surface area (Å²) in [5, 5.41) is 14.5. The van der Waals surface area contributed by atoms with E-state index in [9.17, 15) is 9.59 Å². The summed E-state index contributed by atoms with van der Waals surface area (Å²) in [5.41, 5.74) is 5.48. The molecule has 3 saturated heterocycles. The SMILES string of the molecule is CC[NH2+]C1C=C2C=CCCC2CC1COC(=O)C12OC1(CC=C(C)CC(NC(N)=[NH+]C)C1CC[NH2+]C3NC([NH2+]C)CCC31)C(=O)C1CCCC(CC(C)C)C1C2=O. The van der Waals surface area contributed by atoms with Crippen LogP contribution in [0.4, 0.5) is 0 Å². The lowest BCUT2D eigenvalue weighted by Crippen LogP contribution is -3.03. The predicted molar refractivity (Wildman–Crippen MR) is 218 cm³/mol. The normalized spacial score (nSPS) is 39.7. The van der Waals surface area contributed by atoms with Crippen molar-refractivity contribution in [1.82, 2.24) is 10.6 Å². The van der Waals surface area contributed by atoms with Gasteiger partial charge in [0.05, 0.1) is 33.2 Å². The summed E-state index contributed by atoms with van der Waals surface area (Å²) in [4.78, 5) is 47.7. The fraction of sp³-hybridized carbons (Fsp3) is 0.778. The molecule has 0 spiro atoms. The van der Waals surface area contributed by atoms with Crippen molar-refractivity contribution in [2.24, 2.45) is 53.1 Å². The molecular formula is C45H75N7O5+4. The fourth-order valence-electron chi connectivity index (χ4n) is 12.3. The van der Waals surface area contributed by atoms with Crippen LogP contribution in [0.2, 0.25) is 0 Å². The first kappa shape index (κ1) is 42.2. The van der Waals surface area contributed by atoms with Crippen molar-refractivity contribution in [3.63, 3.8) is 0 Å². The number of quaternary nitrogens is 3. The number of guanidine groups is 1. The third-order valence-electron chi connectivity index (χ3n) is 15.2. The molecule has 13 unspecified atom stereocenters. The van der Waals surface area contributed by atoms with Gasteiger partial charge in [-0.25, -0.2) is 10.1 Å². The molecule has 7 rings (SSSR count). The van der Waals surface area contributed by atoms with Crippen molar-refractivity contribution in [2.45, 2.75) is 140 Å². The topological polar surface area (TPSA) is 187 Å². The third kappa shape index (κ3) is 8.19. The number of Topliss-reactive ketones (excluding diaryl/α,β-unsaturated/α-hetero) is 2. The maximum absolute atomic E-state index is 15.0. The fourth-order valence-corrected chi connectivity index (χ4v) is 12.3. The number of fused-ring (bicyclic) bond motifs is 4. The van der Waals surface area contributed by atoms with Crippen LogP contribution in [0.1, 0.15) is 105 Å². The van der Waals surface area contributed by atoms with E-state index in [-0.39, 0.29) is 48.5 Å². The lowest BCUT2D eigenvalue weighted by atomic mass is 9.57. The van der Waals surface area contributed by atoms with Gasteiger partial charge in [-0.05, 0) is 88.2 Å². The third-order valence-corrected chi connectivity index (χ3v) is 15.2. The number of ketones is 2. The number of likely N-dealkylation sites (N-methyl/N-ethyl adjacent to an activating group) is 1. The maximum atomic E-state index is 15.0. The van der Waals surface area contributed by atoms with Crippen LogP contribution in [0.5, 0.6) is 0 Å². The molecule has 12 heteroatoms. The number of carbonyl (C=O) groups is 3. The zero-order valence-corrected chi connectivity index (χ0v) is 35.7. The van der Waals surface area contributed by atoms with Crippen LogP contribution >= 0.6 is 0 Å². The van der Waals surface area contributed by atoms with Gasteiger partial charge in [0.1, 0.15) is 25.0 Å². The van der Waals surface area contributed by atoms with Gasteiger partial charge in [0.2, 0.25) is 0 Å². The lowest BCUT2D eigenvalue weighted by molar-refractivity contribution is -0.739. The van der Waals surface area contributed by atoms with Gasteiger partial charge in [0.15, 0.2) is 17.2 Å². The molecule has 3 aliphatic heterocycles. The Bertz CT molecular complexity index is 1630. The van der Waals surface area contributed by atoms with E-state index in [1.807, 2.05) is 7.05 Å². The van der Waals surface area contributed by atoms with E-state index < -0.39 is 29.0 Å². The molecule has 5 fully saturated rings. The van der Waals surface area contributed by atoms with Crippen molar-refractivity contribution < 1.29 is 44.8 Å². The Kier molecular flexibility index (Phi) is 13.2. The Morgan fingerprint density at radius 2 is 2.00 bits per heavy atom. The molecule has 0 amide bonds. The molecule has 11 N–H and O–H groups in total. The van der Waals surface area contributed by atoms with E-state index in [2.05, 4.69) is 90.6 Å². The second-order valence-corrected chi connectivity index (χ2v) is 19.2. The summed E-state index contributed by atoms with van der Waals surface area (Å²) in [6.07, 6.45) is 20.4. The summed E-state index contributed by atoms with van der Waals surface area (Å²) >= 11 is 0. The quantitative estimate of drug-likeness (QED) is 0.0300. The van der Waals surface area contributed by atoms with Gasteiger partial charge < -0.3 is 25.4 Å². The van der Waals surface area contributed by atoms with E-state index in [1.165, 1.54) is 5.57 Å². The number of esters is 1. The smallest absolute Gasteiger partial charge is 0.350 e. The summed E-state index contributed by atoms with van der Waals surface area (Å²) in [6.45, 7) is 10.8. The van der Waals surface area contributed by atoms with Gasteiger partial charge in [-0.3, -0.25) is 25.6 Å². The van der Waals surface area contributed by atoms with Gasteiger partial charge in [0, 0.05) is 55.3 Å². The van der Waals surface area contributed by atoms with E-state index >= 15 is 4.79 Å². The minimum absolute atomic E-state index is 0.0613. The summed E-state index contributed by atoms with van der Waals surface area (Å²) in [7, 11) is 3.97. The molecule has 0 aromatic rings. The highest BCUT2D eigenvalue weighted by molar-refractivity contribution is 6.23. The Morgan fingerprint density at radius 1 is 1.18 bits per heavy atom. The number of piperidine rings is 2. The van der Waals surface area contributed by atoms with Crippen molar-refractivity contribution in [3.8, 4) is 0 Å². The molecular weight excluding hydrogens is 719 g/mol. The largest absolute Gasteiger partial charge is 0.463 e. The van der Waals surface area contributed by atoms with E-state index in [1.54, 1.807) is 0 Å². The first-order valence-electron chi connectivity index (χ1n) is 22.7. The lowest BCUT2D eigenvalue weighted by Gasteiger charge is -2.43. The van der Waals surface area contributed by atoms with Gasteiger partial charge in [-0.15, -0.1) is 0 Å². The first-order chi connectivity index (χ1) is 27.5. The van der Waals surface area contributed by atoms with Crippen molar-refractivity contribution in [2.75, 3.05) is 33.8 Å². The highest BCUT2D eigenvalue weighted by Crippen LogP contribution is 2.62. The van der Waals surface area contributed by atoms with Gasteiger partial charge in [-0.1, -0.05) is 44.1 Å². The molecule has 12 nitrogen and oxygen atoms in total. The van der Waals surface area contributed by atoms with E-state index in [0.717, 1.165) is 82.9 Å². The molecule has 316 valence electrons. The second-order valence-electron chi connectivity index (χ2n) is 19.2.